The summed E-state index contributed by atoms with van der Waals surface area (Å²) in [5.41, 5.74) is 2.61. The molecule has 1 aromatic rings. The number of hydrogen-bond acceptors (Lipinski definition) is 6. The molecule has 0 saturated carbocycles. The maximum atomic E-state index is 5.46. The van der Waals surface area contributed by atoms with E-state index in [1.54, 1.807) is 0 Å². The molecule has 0 amide bonds. The Bertz CT molecular complexity index is 379. The van der Waals surface area contributed by atoms with Crippen molar-refractivity contribution in [1.29, 1.82) is 0 Å². The van der Waals surface area contributed by atoms with E-state index in [-0.39, 0.29) is 0 Å². The minimum absolute atomic E-state index is 0.674. The van der Waals surface area contributed by atoms with E-state index in [1.807, 2.05) is 13.1 Å². The maximum Gasteiger partial charge on any atom is 0.145 e. The summed E-state index contributed by atoms with van der Waals surface area (Å²) in [4.78, 5) is 13.3. The van der Waals surface area contributed by atoms with E-state index >= 15 is 0 Å². The molecular formula is C13H26N6. The highest BCUT2D eigenvalue weighted by Gasteiger charge is 2.07. The van der Waals surface area contributed by atoms with Crippen molar-refractivity contribution in [2.24, 2.45) is 5.84 Å². The third-order valence-corrected chi connectivity index (χ3v) is 2.87. The van der Waals surface area contributed by atoms with E-state index in [4.69, 9.17) is 5.84 Å². The lowest BCUT2D eigenvalue weighted by atomic mass is 10.3. The number of rotatable bonds is 8. The van der Waals surface area contributed by atoms with Gasteiger partial charge in [0.05, 0.1) is 0 Å². The number of nitrogen functional groups attached to an aromatic ring is 1. The van der Waals surface area contributed by atoms with E-state index < -0.39 is 0 Å². The summed E-state index contributed by atoms with van der Waals surface area (Å²) in [7, 11) is 6.22. The Morgan fingerprint density at radius 3 is 2.53 bits per heavy atom. The quantitative estimate of drug-likeness (QED) is 0.542. The first-order valence-electron chi connectivity index (χ1n) is 6.77. The summed E-state index contributed by atoms with van der Waals surface area (Å²) in [6.07, 6.45) is 2.99. The Morgan fingerprint density at radius 1 is 1.21 bits per heavy atom. The Labute approximate surface area is 116 Å². The van der Waals surface area contributed by atoms with Crippen LogP contribution in [0.5, 0.6) is 0 Å². The number of aryl methyl sites for hydroxylation is 1. The van der Waals surface area contributed by atoms with E-state index in [1.165, 1.54) is 0 Å². The molecule has 1 aromatic heterocycles. The Hall–Kier alpha value is -1.40. The SMILES string of the molecule is CCCc1nc(NN)cc(N(C)CCCN(C)C)n1. The maximum absolute atomic E-state index is 5.46. The summed E-state index contributed by atoms with van der Waals surface area (Å²) in [6, 6.07) is 1.88. The summed E-state index contributed by atoms with van der Waals surface area (Å²) in [5.74, 6) is 7.89. The molecule has 0 bridgehead atoms. The highest BCUT2D eigenvalue weighted by molar-refractivity contribution is 5.48. The van der Waals surface area contributed by atoms with Gasteiger partial charge in [-0.1, -0.05) is 6.92 Å². The molecule has 0 atom stereocenters. The van der Waals surface area contributed by atoms with Crippen LogP contribution in [-0.2, 0) is 6.42 Å². The lowest BCUT2D eigenvalue weighted by molar-refractivity contribution is 0.401. The zero-order valence-electron chi connectivity index (χ0n) is 12.5. The van der Waals surface area contributed by atoms with Crippen LogP contribution in [0.15, 0.2) is 6.07 Å². The predicted octanol–water partition coefficient (Wildman–Crippen LogP) is 1.10. The minimum atomic E-state index is 0.674. The van der Waals surface area contributed by atoms with Gasteiger partial charge in [0.2, 0.25) is 0 Å². The molecular weight excluding hydrogens is 240 g/mol. The van der Waals surface area contributed by atoms with E-state index in [0.717, 1.165) is 44.0 Å². The van der Waals surface area contributed by atoms with Gasteiger partial charge in [0, 0.05) is 26.1 Å². The third-order valence-electron chi connectivity index (χ3n) is 2.87. The molecule has 3 N–H and O–H groups in total. The average molecular weight is 266 g/mol. The van der Waals surface area contributed by atoms with Crippen molar-refractivity contribution < 1.29 is 0 Å². The number of anilines is 2. The number of hydrogen-bond donors (Lipinski definition) is 2. The van der Waals surface area contributed by atoms with Crippen molar-refractivity contribution in [3.8, 4) is 0 Å². The van der Waals surface area contributed by atoms with Gasteiger partial charge in [-0.15, -0.1) is 0 Å². The predicted molar refractivity (Wildman–Crippen MR) is 80.3 cm³/mol. The van der Waals surface area contributed by atoms with Crippen molar-refractivity contribution in [2.75, 3.05) is 44.6 Å². The highest BCUT2D eigenvalue weighted by Crippen LogP contribution is 2.15. The fraction of sp³-hybridized carbons (Fsp3) is 0.692. The monoisotopic (exact) mass is 266 g/mol. The molecule has 0 saturated heterocycles. The van der Waals surface area contributed by atoms with Crippen molar-refractivity contribution in [2.45, 2.75) is 26.2 Å². The molecule has 6 heteroatoms. The van der Waals surface area contributed by atoms with Crippen LogP contribution >= 0.6 is 0 Å². The van der Waals surface area contributed by atoms with Gasteiger partial charge in [-0.05, 0) is 33.5 Å². The molecule has 0 spiro atoms. The zero-order valence-corrected chi connectivity index (χ0v) is 12.5. The molecule has 0 fully saturated rings. The molecule has 0 aromatic carbocycles. The van der Waals surface area contributed by atoms with Gasteiger partial charge < -0.3 is 15.2 Å². The first-order valence-corrected chi connectivity index (χ1v) is 6.77. The third kappa shape index (κ3) is 5.40. The van der Waals surface area contributed by atoms with Crippen molar-refractivity contribution in [3.05, 3.63) is 11.9 Å². The van der Waals surface area contributed by atoms with Gasteiger partial charge in [-0.3, -0.25) is 0 Å². The molecule has 0 aliphatic rings. The minimum Gasteiger partial charge on any atom is -0.359 e. The average Bonchev–Trinajstić information content (AvgIpc) is 2.38. The molecule has 6 nitrogen and oxygen atoms in total. The number of aromatic nitrogens is 2. The zero-order chi connectivity index (χ0) is 14.3. The van der Waals surface area contributed by atoms with Crippen LogP contribution in [0, 0.1) is 0 Å². The molecule has 0 aliphatic carbocycles. The fourth-order valence-electron chi connectivity index (χ4n) is 1.83. The van der Waals surface area contributed by atoms with Crippen molar-refractivity contribution >= 4 is 11.6 Å². The second kappa shape index (κ2) is 7.91. The van der Waals surface area contributed by atoms with Gasteiger partial charge in [-0.2, -0.15) is 0 Å². The van der Waals surface area contributed by atoms with E-state index in [9.17, 15) is 0 Å². The number of nitrogens with two attached hydrogens (primary N) is 1. The first-order chi connectivity index (χ1) is 9.06. The van der Waals surface area contributed by atoms with Crippen molar-refractivity contribution in [3.63, 3.8) is 0 Å². The van der Waals surface area contributed by atoms with Gasteiger partial charge in [0.25, 0.3) is 0 Å². The van der Waals surface area contributed by atoms with Gasteiger partial charge in [0.1, 0.15) is 17.5 Å². The summed E-state index contributed by atoms with van der Waals surface area (Å²) < 4.78 is 0. The topological polar surface area (TPSA) is 70.3 Å². The second-order valence-electron chi connectivity index (χ2n) is 5.00. The van der Waals surface area contributed by atoms with Crippen LogP contribution in [0.1, 0.15) is 25.6 Å². The summed E-state index contributed by atoms with van der Waals surface area (Å²) in [6.45, 7) is 4.15. The molecule has 0 aliphatic heterocycles. The molecule has 19 heavy (non-hydrogen) atoms. The van der Waals surface area contributed by atoms with Crippen LogP contribution in [0.4, 0.5) is 11.6 Å². The normalized spacial score (nSPS) is 10.8. The fourth-order valence-corrected chi connectivity index (χ4v) is 1.83. The lowest BCUT2D eigenvalue weighted by Gasteiger charge is -2.20. The van der Waals surface area contributed by atoms with Crippen LogP contribution in [-0.4, -0.2) is 49.1 Å². The van der Waals surface area contributed by atoms with Gasteiger partial charge in [-0.25, -0.2) is 15.8 Å². The van der Waals surface area contributed by atoms with Gasteiger partial charge >= 0.3 is 0 Å². The van der Waals surface area contributed by atoms with E-state index in [2.05, 4.69) is 46.2 Å². The summed E-state index contributed by atoms with van der Waals surface area (Å²) in [5, 5.41) is 0. The van der Waals surface area contributed by atoms with Crippen molar-refractivity contribution in [1.82, 2.24) is 14.9 Å². The number of hydrazine groups is 1. The van der Waals surface area contributed by atoms with Crippen LogP contribution in [0.25, 0.3) is 0 Å². The molecule has 1 heterocycles. The molecule has 1 rings (SSSR count). The number of nitrogens with one attached hydrogen (secondary N) is 1. The van der Waals surface area contributed by atoms with Gasteiger partial charge in [0.15, 0.2) is 0 Å². The largest absolute Gasteiger partial charge is 0.359 e. The van der Waals surface area contributed by atoms with Crippen LogP contribution < -0.4 is 16.2 Å². The lowest BCUT2D eigenvalue weighted by Crippen LogP contribution is -2.25. The van der Waals surface area contributed by atoms with E-state index in [0.29, 0.717) is 5.82 Å². The van der Waals surface area contributed by atoms with Crippen LogP contribution in [0.3, 0.4) is 0 Å². The molecule has 0 unspecified atom stereocenters. The van der Waals surface area contributed by atoms with Crippen LogP contribution in [0.2, 0.25) is 0 Å². The summed E-state index contributed by atoms with van der Waals surface area (Å²) >= 11 is 0. The molecule has 108 valence electrons. The second-order valence-corrected chi connectivity index (χ2v) is 5.00. The smallest absolute Gasteiger partial charge is 0.145 e. The standard InChI is InChI=1S/C13H26N6/c1-5-7-11-15-12(17-14)10-13(16-11)19(4)9-6-8-18(2)3/h10H,5-9,14H2,1-4H3,(H,15,16,17). The highest BCUT2D eigenvalue weighted by atomic mass is 15.3. The Balaban J connectivity index is 2.71. The Morgan fingerprint density at radius 2 is 1.95 bits per heavy atom. The number of nitrogens with zero attached hydrogens (tertiary/aromatic N) is 4. The first kappa shape index (κ1) is 15.7. The Kier molecular flexibility index (Phi) is 6.52. The molecule has 0 radical (unpaired) electrons.